The molecule has 1 amide bonds. The van der Waals surface area contributed by atoms with Crippen molar-refractivity contribution in [1.29, 1.82) is 0 Å². The second kappa shape index (κ2) is 10.2. The van der Waals surface area contributed by atoms with Gasteiger partial charge in [0.2, 0.25) is 0 Å². The van der Waals surface area contributed by atoms with Crippen LogP contribution in [0.1, 0.15) is 73.3 Å². The topological polar surface area (TPSA) is 82.1 Å². The summed E-state index contributed by atoms with van der Waals surface area (Å²) in [5, 5.41) is 9.17. The number of furan rings is 1. The maximum absolute atomic E-state index is 13.0. The second-order valence-electron chi connectivity index (χ2n) is 9.12. The van der Waals surface area contributed by atoms with Gasteiger partial charge in [0.15, 0.2) is 5.76 Å². The summed E-state index contributed by atoms with van der Waals surface area (Å²) in [6, 6.07) is 7.90. The molecule has 0 spiro atoms. The second-order valence-corrected chi connectivity index (χ2v) is 10.4. The Morgan fingerprint density at radius 3 is 2.85 bits per heavy atom. The first-order chi connectivity index (χ1) is 16.2. The lowest BCUT2D eigenvalue weighted by molar-refractivity contribution is 0.0926. The van der Waals surface area contributed by atoms with Crippen molar-refractivity contribution in [1.82, 2.24) is 19.7 Å². The number of nitrogens with zero attached hydrogens (tertiary/aromatic N) is 3. The van der Waals surface area contributed by atoms with Crippen LogP contribution < -0.4 is 11.0 Å². The molecule has 0 unspecified atom stereocenters. The van der Waals surface area contributed by atoms with Gasteiger partial charge in [-0.1, -0.05) is 37.5 Å². The zero-order valence-corrected chi connectivity index (χ0v) is 19.9. The predicted molar refractivity (Wildman–Crippen MR) is 131 cm³/mol. The van der Waals surface area contributed by atoms with Gasteiger partial charge in [-0.05, 0) is 38.2 Å². The fraction of sp³-hybridized carbons (Fsp3) is 0.560. The fourth-order valence-electron chi connectivity index (χ4n) is 4.96. The Kier molecular flexibility index (Phi) is 6.90. The number of nitrogens with one attached hydrogen (secondary N) is 1. The molecular formula is C25H32N4O3S. The average molecular weight is 469 g/mol. The molecule has 5 rings (SSSR count). The monoisotopic (exact) mass is 468 g/mol. The van der Waals surface area contributed by atoms with Gasteiger partial charge in [-0.25, -0.2) is 9.48 Å². The van der Waals surface area contributed by atoms with Gasteiger partial charge in [-0.2, -0.15) is 16.9 Å². The third-order valence-electron chi connectivity index (χ3n) is 6.78. The highest BCUT2D eigenvalue weighted by atomic mass is 32.2. The van der Waals surface area contributed by atoms with Gasteiger partial charge in [0.05, 0.1) is 0 Å². The zero-order chi connectivity index (χ0) is 22.6. The first-order valence-corrected chi connectivity index (χ1v) is 13.3. The molecule has 3 aromatic rings. The van der Waals surface area contributed by atoms with E-state index in [0.717, 1.165) is 53.9 Å². The maximum Gasteiger partial charge on any atom is 0.345 e. The first kappa shape index (κ1) is 22.3. The molecule has 2 aromatic heterocycles. The third-order valence-corrected chi connectivity index (χ3v) is 8.18. The molecule has 2 aliphatic rings. The van der Waals surface area contributed by atoms with Crippen molar-refractivity contribution in [2.75, 3.05) is 6.54 Å². The summed E-state index contributed by atoms with van der Waals surface area (Å²) in [4.78, 5) is 25.5. The molecule has 0 atom stereocenters. The molecule has 1 aromatic carbocycles. The Morgan fingerprint density at radius 1 is 1.15 bits per heavy atom. The zero-order valence-electron chi connectivity index (χ0n) is 19.1. The fourth-order valence-corrected chi connectivity index (χ4v) is 6.32. The number of fused-ring (bicyclic) bond motifs is 2. The first-order valence-electron chi connectivity index (χ1n) is 12.3. The summed E-state index contributed by atoms with van der Waals surface area (Å²) in [7, 11) is 0. The number of rotatable bonds is 8. The molecule has 0 bridgehead atoms. The molecule has 1 aliphatic heterocycles. The molecule has 7 nitrogen and oxygen atoms in total. The normalized spacial score (nSPS) is 16.7. The van der Waals surface area contributed by atoms with Crippen molar-refractivity contribution in [2.45, 2.75) is 81.9 Å². The SMILES string of the molecule is O=C(NCCCn1nc2n(c1=O)CCCC2)c1oc2ccccc2c1CSC1CCCCC1. The van der Waals surface area contributed by atoms with Gasteiger partial charge in [-0.15, -0.1) is 0 Å². The highest BCUT2D eigenvalue weighted by molar-refractivity contribution is 7.99. The third kappa shape index (κ3) is 4.90. The van der Waals surface area contributed by atoms with E-state index >= 15 is 0 Å². The number of para-hydroxylation sites is 1. The molecule has 33 heavy (non-hydrogen) atoms. The number of carbonyl (C=O) groups is 1. The van der Waals surface area contributed by atoms with Crippen LogP contribution in [0.3, 0.4) is 0 Å². The number of aryl methyl sites for hydroxylation is 2. The van der Waals surface area contributed by atoms with Crippen LogP contribution in [0.5, 0.6) is 0 Å². The molecule has 8 heteroatoms. The largest absolute Gasteiger partial charge is 0.451 e. The predicted octanol–water partition coefficient (Wildman–Crippen LogP) is 4.51. The summed E-state index contributed by atoms with van der Waals surface area (Å²) in [6.45, 7) is 1.74. The van der Waals surface area contributed by atoms with Gasteiger partial charge in [0.25, 0.3) is 5.91 Å². The van der Waals surface area contributed by atoms with Crippen LogP contribution in [0.2, 0.25) is 0 Å². The van der Waals surface area contributed by atoms with E-state index in [0.29, 0.717) is 30.5 Å². The Morgan fingerprint density at radius 2 is 2.00 bits per heavy atom. The highest BCUT2D eigenvalue weighted by Gasteiger charge is 2.22. The lowest BCUT2D eigenvalue weighted by atomic mass is 10.0. The summed E-state index contributed by atoms with van der Waals surface area (Å²) < 4.78 is 9.32. The molecule has 1 aliphatic carbocycles. The van der Waals surface area contributed by atoms with E-state index in [1.807, 2.05) is 36.0 Å². The Hall–Kier alpha value is -2.48. The van der Waals surface area contributed by atoms with Crippen LogP contribution >= 0.6 is 11.8 Å². The molecule has 1 N–H and O–H groups in total. The van der Waals surface area contributed by atoms with Crippen molar-refractivity contribution >= 4 is 28.6 Å². The van der Waals surface area contributed by atoms with Gasteiger partial charge < -0.3 is 9.73 Å². The number of aromatic nitrogens is 3. The standard InChI is InChI=1S/C25H32N4O3S/c30-24(26-14-8-16-29-25(31)28-15-7-6-13-22(28)27-29)23-20(17-33-18-9-2-1-3-10-18)19-11-4-5-12-21(19)32-23/h4-5,11-12,18H,1-3,6-10,13-17H2,(H,26,30). The van der Waals surface area contributed by atoms with Crippen LogP contribution in [0, 0.1) is 0 Å². The lowest BCUT2D eigenvalue weighted by Crippen LogP contribution is -2.29. The van der Waals surface area contributed by atoms with E-state index in [9.17, 15) is 9.59 Å². The van der Waals surface area contributed by atoms with Crippen molar-refractivity contribution in [2.24, 2.45) is 0 Å². The number of hydrogen-bond donors (Lipinski definition) is 1. The highest BCUT2D eigenvalue weighted by Crippen LogP contribution is 2.35. The summed E-state index contributed by atoms with van der Waals surface area (Å²) >= 11 is 1.95. The van der Waals surface area contributed by atoms with E-state index in [1.54, 1.807) is 9.25 Å². The van der Waals surface area contributed by atoms with Gasteiger partial charge in [0.1, 0.15) is 11.4 Å². The molecule has 1 fully saturated rings. The van der Waals surface area contributed by atoms with Crippen molar-refractivity contribution in [3.8, 4) is 0 Å². The van der Waals surface area contributed by atoms with E-state index in [-0.39, 0.29) is 11.6 Å². The van der Waals surface area contributed by atoms with Crippen molar-refractivity contribution in [3.63, 3.8) is 0 Å². The molecule has 3 heterocycles. The lowest BCUT2D eigenvalue weighted by Gasteiger charge is -2.20. The molecular weight excluding hydrogens is 436 g/mol. The molecule has 0 saturated heterocycles. The summed E-state index contributed by atoms with van der Waals surface area (Å²) in [5.41, 5.74) is 1.73. The van der Waals surface area contributed by atoms with Crippen LogP contribution in [0.25, 0.3) is 11.0 Å². The van der Waals surface area contributed by atoms with E-state index in [1.165, 1.54) is 32.1 Å². The van der Waals surface area contributed by atoms with Crippen LogP contribution in [-0.4, -0.2) is 32.0 Å². The molecule has 1 saturated carbocycles. The van der Waals surface area contributed by atoms with E-state index < -0.39 is 0 Å². The minimum atomic E-state index is -0.179. The molecule has 0 radical (unpaired) electrons. The number of amides is 1. The quantitative estimate of drug-likeness (QED) is 0.492. The van der Waals surface area contributed by atoms with Crippen LogP contribution in [0.15, 0.2) is 33.5 Å². The Bertz CT molecular complexity index is 1170. The molecule has 176 valence electrons. The van der Waals surface area contributed by atoms with Crippen LogP contribution in [0.4, 0.5) is 0 Å². The van der Waals surface area contributed by atoms with Gasteiger partial charge in [0, 0.05) is 48.0 Å². The summed E-state index contributed by atoms with van der Waals surface area (Å²) in [5.74, 6) is 1.92. The minimum absolute atomic E-state index is 0.0321. The van der Waals surface area contributed by atoms with Gasteiger partial charge in [-0.3, -0.25) is 9.36 Å². The Balaban J connectivity index is 1.22. The van der Waals surface area contributed by atoms with Crippen LogP contribution in [-0.2, 0) is 25.3 Å². The number of thioether (sulfide) groups is 1. The Labute approximate surface area is 197 Å². The summed E-state index contributed by atoms with van der Waals surface area (Å²) in [6.07, 6.45) is 10.1. The number of hydrogen-bond acceptors (Lipinski definition) is 5. The van der Waals surface area contributed by atoms with E-state index in [4.69, 9.17) is 4.42 Å². The van der Waals surface area contributed by atoms with Crippen molar-refractivity contribution in [3.05, 3.63) is 51.9 Å². The number of benzene rings is 1. The smallest absolute Gasteiger partial charge is 0.345 e. The average Bonchev–Trinajstić information content (AvgIpc) is 3.39. The maximum atomic E-state index is 13.0. The van der Waals surface area contributed by atoms with Crippen molar-refractivity contribution < 1.29 is 9.21 Å². The number of carbonyl (C=O) groups excluding carboxylic acids is 1. The van der Waals surface area contributed by atoms with Gasteiger partial charge >= 0.3 is 5.69 Å². The van der Waals surface area contributed by atoms with E-state index in [2.05, 4.69) is 10.4 Å². The minimum Gasteiger partial charge on any atom is -0.451 e.